The van der Waals surface area contributed by atoms with Crippen molar-refractivity contribution in [2.75, 3.05) is 11.9 Å². The van der Waals surface area contributed by atoms with Gasteiger partial charge in [0.25, 0.3) is 0 Å². The number of urea groups is 1. The fraction of sp³-hybridized carbons (Fsp3) is 0.200. The molecule has 0 aliphatic rings. The van der Waals surface area contributed by atoms with Gasteiger partial charge in [0.2, 0.25) is 0 Å². The molecule has 9 heteroatoms. The van der Waals surface area contributed by atoms with Gasteiger partial charge in [-0.25, -0.2) is 9.78 Å². The number of nitrogens with two attached hydrogens (primary N) is 1. The Labute approximate surface area is 179 Å². The summed E-state index contributed by atoms with van der Waals surface area (Å²) in [5, 5.41) is 7.02. The van der Waals surface area contributed by atoms with Crippen molar-refractivity contribution < 1.29 is 9.59 Å². The van der Waals surface area contributed by atoms with E-state index >= 15 is 0 Å². The average Bonchev–Trinajstić information content (AvgIpc) is 2.74. The predicted octanol–water partition coefficient (Wildman–Crippen LogP) is 4.82. The van der Waals surface area contributed by atoms with Crippen LogP contribution in [0.15, 0.2) is 54.3 Å². The lowest BCUT2D eigenvalue weighted by Gasteiger charge is -2.24. The molecule has 7 nitrogen and oxygen atoms in total. The molecule has 2 amide bonds. The molecule has 0 aliphatic heterocycles. The number of rotatable bonds is 7. The number of anilines is 1. The number of unbranched alkanes of at least 4 members (excludes halogenated alkanes) is 1. The minimum atomic E-state index is -0.422. The molecule has 2 rings (SSSR count). The second kappa shape index (κ2) is 11.2. The molecule has 29 heavy (non-hydrogen) atoms. The summed E-state index contributed by atoms with van der Waals surface area (Å²) in [5.74, 6) is 5.60. The predicted molar refractivity (Wildman–Crippen MR) is 120 cm³/mol. The number of amidine groups is 1. The van der Waals surface area contributed by atoms with E-state index in [1.54, 1.807) is 36.4 Å². The summed E-state index contributed by atoms with van der Waals surface area (Å²) < 4.78 is 0. The number of benzene rings is 1. The van der Waals surface area contributed by atoms with E-state index < -0.39 is 6.03 Å². The molecule has 0 bridgehead atoms. The van der Waals surface area contributed by atoms with E-state index in [4.69, 9.17) is 17.4 Å². The molecule has 0 atom stereocenters. The highest BCUT2D eigenvalue weighted by Gasteiger charge is 2.22. The maximum Gasteiger partial charge on any atom is 0.328 e. The van der Waals surface area contributed by atoms with Gasteiger partial charge in [-0.2, -0.15) is 5.10 Å². The maximum atomic E-state index is 12.9. The lowest BCUT2D eigenvalue weighted by atomic mass is 10.1. The van der Waals surface area contributed by atoms with E-state index in [0.29, 0.717) is 27.9 Å². The van der Waals surface area contributed by atoms with Crippen molar-refractivity contribution in [2.45, 2.75) is 19.8 Å². The number of halogens is 1. The Morgan fingerprint density at radius 1 is 1.38 bits per heavy atom. The van der Waals surface area contributed by atoms with Crippen molar-refractivity contribution in [3.05, 3.63) is 65.5 Å². The van der Waals surface area contributed by atoms with Gasteiger partial charge in [-0.15, -0.1) is 0 Å². The van der Waals surface area contributed by atoms with Gasteiger partial charge in [0, 0.05) is 23.2 Å². The van der Waals surface area contributed by atoms with E-state index in [1.807, 2.05) is 6.92 Å². The van der Waals surface area contributed by atoms with Crippen molar-refractivity contribution in [3.8, 4) is 0 Å². The molecule has 1 aromatic carbocycles. The molecule has 0 saturated carbocycles. The van der Waals surface area contributed by atoms with Crippen LogP contribution in [-0.4, -0.2) is 33.9 Å². The van der Waals surface area contributed by atoms with Crippen LogP contribution in [-0.2, 0) is 0 Å². The van der Waals surface area contributed by atoms with E-state index in [1.165, 1.54) is 22.9 Å². The van der Waals surface area contributed by atoms with Gasteiger partial charge in [-0.05, 0) is 35.9 Å². The van der Waals surface area contributed by atoms with Crippen molar-refractivity contribution in [2.24, 2.45) is 10.9 Å². The first kappa shape index (κ1) is 22.4. The van der Waals surface area contributed by atoms with E-state index in [-0.39, 0.29) is 5.15 Å². The standard InChI is InChI=1S/C20H22ClN5O2S/c1-3-4-12-26(19(28)24-17-6-5-11-23-18(17)21)20(25-22)29-14(2)16-9-7-15(13-27)8-10-16/h5-11,13H,2-4,12,22H2,1H3,(H,24,28)/b25-20-. The number of pyridine rings is 1. The maximum absolute atomic E-state index is 12.9. The Hall–Kier alpha value is -2.84. The van der Waals surface area contributed by atoms with Gasteiger partial charge >= 0.3 is 6.03 Å². The van der Waals surface area contributed by atoms with E-state index in [2.05, 4.69) is 22.0 Å². The second-order valence-corrected chi connectivity index (χ2v) is 7.37. The third-order valence-corrected chi connectivity index (χ3v) is 5.20. The molecule has 0 saturated heterocycles. The Balaban J connectivity index is 2.18. The summed E-state index contributed by atoms with van der Waals surface area (Å²) in [4.78, 5) is 29.7. The molecule has 0 aliphatic carbocycles. The first-order valence-electron chi connectivity index (χ1n) is 8.89. The summed E-state index contributed by atoms with van der Waals surface area (Å²) in [7, 11) is 0. The largest absolute Gasteiger partial charge is 0.328 e. The number of hydrazone groups is 1. The van der Waals surface area contributed by atoms with Crippen molar-refractivity contribution >= 4 is 51.4 Å². The van der Waals surface area contributed by atoms with E-state index in [0.717, 1.165) is 24.7 Å². The molecule has 0 unspecified atom stereocenters. The minimum absolute atomic E-state index is 0.190. The molecular weight excluding hydrogens is 410 g/mol. The van der Waals surface area contributed by atoms with Crippen LogP contribution < -0.4 is 11.2 Å². The smallest absolute Gasteiger partial charge is 0.321 e. The Kier molecular flexibility index (Phi) is 8.69. The van der Waals surface area contributed by atoms with Crippen molar-refractivity contribution in [1.82, 2.24) is 9.88 Å². The zero-order valence-corrected chi connectivity index (χ0v) is 17.5. The number of hydrogen-bond acceptors (Lipinski definition) is 6. The molecule has 3 N–H and O–H groups in total. The van der Waals surface area contributed by atoms with Crippen LogP contribution in [0, 0.1) is 0 Å². The summed E-state index contributed by atoms with van der Waals surface area (Å²) in [6.07, 6.45) is 3.95. The van der Waals surface area contributed by atoms with Crippen LogP contribution in [0.4, 0.5) is 10.5 Å². The van der Waals surface area contributed by atoms with Gasteiger partial charge in [0.15, 0.2) is 10.3 Å². The SMILES string of the molecule is C=C(S/C(=N\N)N(CCCC)C(=O)Nc1cccnc1Cl)c1ccc(C=O)cc1. The number of nitrogens with zero attached hydrogens (tertiary/aromatic N) is 3. The van der Waals surface area contributed by atoms with Crippen LogP contribution in [0.3, 0.4) is 0 Å². The number of aromatic nitrogens is 1. The first-order chi connectivity index (χ1) is 14.0. The van der Waals surface area contributed by atoms with Crippen LogP contribution in [0.2, 0.25) is 5.15 Å². The molecule has 1 aromatic heterocycles. The third-order valence-electron chi connectivity index (χ3n) is 3.91. The van der Waals surface area contributed by atoms with Crippen LogP contribution in [0.25, 0.3) is 4.91 Å². The number of aldehydes is 1. The monoisotopic (exact) mass is 431 g/mol. The Bertz CT molecular complexity index is 902. The van der Waals surface area contributed by atoms with Gasteiger partial charge < -0.3 is 11.2 Å². The third kappa shape index (κ3) is 6.33. The fourth-order valence-corrected chi connectivity index (χ4v) is 3.31. The van der Waals surface area contributed by atoms with Gasteiger partial charge in [-0.3, -0.25) is 9.69 Å². The van der Waals surface area contributed by atoms with Crippen molar-refractivity contribution in [3.63, 3.8) is 0 Å². The quantitative estimate of drug-likeness (QED) is 0.163. The number of carbonyl (C=O) groups excluding carboxylic acids is 2. The van der Waals surface area contributed by atoms with Crippen LogP contribution >= 0.6 is 23.4 Å². The first-order valence-corrected chi connectivity index (χ1v) is 10.1. The zero-order valence-electron chi connectivity index (χ0n) is 16.0. The normalized spacial score (nSPS) is 11.0. The molecule has 0 radical (unpaired) electrons. The molecule has 0 fully saturated rings. The number of nitrogens with one attached hydrogen (secondary N) is 1. The number of carbonyl (C=O) groups is 2. The summed E-state index contributed by atoms with van der Waals surface area (Å²) in [6, 6.07) is 9.85. The fourth-order valence-electron chi connectivity index (χ4n) is 2.33. The Morgan fingerprint density at radius 3 is 2.69 bits per heavy atom. The van der Waals surface area contributed by atoms with E-state index in [9.17, 15) is 9.59 Å². The topological polar surface area (TPSA) is 101 Å². The van der Waals surface area contributed by atoms with Crippen molar-refractivity contribution in [1.29, 1.82) is 0 Å². The van der Waals surface area contributed by atoms with Gasteiger partial charge in [0.05, 0.1) is 5.69 Å². The average molecular weight is 432 g/mol. The van der Waals surface area contributed by atoms with Gasteiger partial charge in [0.1, 0.15) is 6.29 Å². The highest BCUT2D eigenvalue weighted by atomic mass is 35.5. The molecule has 152 valence electrons. The molecule has 1 heterocycles. The van der Waals surface area contributed by atoms with Crippen LogP contribution in [0.5, 0.6) is 0 Å². The van der Waals surface area contributed by atoms with Gasteiger partial charge in [-0.1, -0.05) is 55.8 Å². The highest BCUT2D eigenvalue weighted by Crippen LogP contribution is 2.29. The highest BCUT2D eigenvalue weighted by molar-refractivity contribution is 8.21. The number of hydrogen-bond donors (Lipinski definition) is 2. The summed E-state index contributed by atoms with van der Waals surface area (Å²) in [5.41, 5.74) is 1.76. The second-order valence-electron chi connectivity index (χ2n) is 5.95. The molecule has 2 aromatic rings. The molecule has 0 spiro atoms. The molecular formula is C20H22ClN5O2S. The minimum Gasteiger partial charge on any atom is -0.321 e. The number of amides is 2. The zero-order chi connectivity index (χ0) is 21.2. The number of thioether (sulfide) groups is 1. The van der Waals surface area contributed by atoms with Crippen LogP contribution in [0.1, 0.15) is 35.7 Å². The lowest BCUT2D eigenvalue weighted by molar-refractivity contribution is 0.112. The Morgan fingerprint density at radius 2 is 2.10 bits per heavy atom. The summed E-state index contributed by atoms with van der Waals surface area (Å²) >= 11 is 7.21. The lowest BCUT2D eigenvalue weighted by Crippen LogP contribution is -2.40. The summed E-state index contributed by atoms with van der Waals surface area (Å²) in [6.45, 7) is 6.48.